The number of hydrogen-bond donors (Lipinski definition) is 0. The minimum Gasteiger partial charge on any atom is -0.494 e. The van der Waals surface area contributed by atoms with Gasteiger partial charge in [0.1, 0.15) is 11.9 Å². The second-order valence-electron chi connectivity index (χ2n) is 5.70. The summed E-state index contributed by atoms with van der Waals surface area (Å²) < 4.78 is 11.1. The number of ether oxygens (including phenoxy) is 2. The number of carbonyl (C=O) groups is 1. The standard InChI is InChI=1S/C17H24O3/c1-4-19-16-11-14(8-7-13(16)3)17(18)20-15-9-5-12(2)6-10-15/h7-8,11-12,15H,4-6,9-10H2,1-3H3. The number of hydrogen-bond acceptors (Lipinski definition) is 3. The first-order valence-electron chi connectivity index (χ1n) is 7.54. The molecule has 3 nitrogen and oxygen atoms in total. The van der Waals surface area contributed by atoms with E-state index in [1.165, 1.54) is 0 Å². The Morgan fingerprint density at radius 3 is 2.60 bits per heavy atom. The van der Waals surface area contributed by atoms with Crippen molar-refractivity contribution in [3.8, 4) is 5.75 Å². The maximum absolute atomic E-state index is 12.2. The van der Waals surface area contributed by atoms with Crippen LogP contribution in [0.1, 0.15) is 55.5 Å². The monoisotopic (exact) mass is 276 g/mol. The molecule has 0 spiro atoms. The van der Waals surface area contributed by atoms with Crippen molar-refractivity contribution in [3.63, 3.8) is 0 Å². The van der Waals surface area contributed by atoms with Gasteiger partial charge in [-0.3, -0.25) is 0 Å². The van der Waals surface area contributed by atoms with Crippen molar-refractivity contribution in [2.45, 2.75) is 52.6 Å². The Balaban J connectivity index is 2.00. The average Bonchev–Trinajstić information content (AvgIpc) is 2.44. The smallest absolute Gasteiger partial charge is 0.338 e. The van der Waals surface area contributed by atoms with E-state index in [0.717, 1.165) is 42.9 Å². The lowest BCUT2D eigenvalue weighted by Gasteiger charge is -2.26. The largest absolute Gasteiger partial charge is 0.494 e. The van der Waals surface area contributed by atoms with Crippen molar-refractivity contribution < 1.29 is 14.3 Å². The predicted octanol–water partition coefficient (Wildman–Crippen LogP) is 4.13. The SMILES string of the molecule is CCOc1cc(C(=O)OC2CCC(C)CC2)ccc1C. The highest BCUT2D eigenvalue weighted by Crippen LogP contribution is 2.27. The van der Waals surface area contributed by atoms with E-state index in [9.17, 15) is 4.79 Å². The summed E-state index contributed by atoms with van der Waals surface area (Å²) >= 11 is 0. The van der Waals surface area contributed by atoms with Crippen LogP contribution in [0.4, 0.5) is 0 Å². The van der Waals surface area contributed by atoms with Gasteiger partial charge in [0.2, 0.25) is 0 Å². The molecule has 0 aromatic heterocycles. The van der Waals surface area contributed by atoms with Gasteiger partial charge in [0, 0.05) is 0 Å². The van der Waals surface area contributed by atoms with Crippen molar-refractivity contribution >= 4 is 5.97 Å². The molecule has 1 fully saturated rings. The lowest BCUT2D eigenvalue weighted by molar-refractivity contribution is 0.0173. The lowest BCUT2D eigenvalue weighted by atomic mass is 9.89. The van der Waals surface area contributed by atoms with Gasteiger partial charge in [-0.1, -0.05) is 13.0 Å². The first-order chi connectivity index (χ1) is 9.60. The van der Waals surface area contributed by atoms with Crippen molar-refractivity contribution in [2.24, 2.45) is 5.92 Å². The predicted molar refractivity (Wildman–Crippen MR) is 79.2 cm³/mol. The summed E-state index contributed by atoms with van der Waals surface area (Å²) in [6.45, 7) is 6.77. The fourth-order valence-corrected chi connectivity index (χ4v) is 2.60. The van der Waals surface area contributed by atoms with Crippen LogP contribution in [0.25, 0.3) is 0 Å². The average molecular weight is 276 g/mol. The second-order valence-corrected chi connectivity index (χ2v) is 5.70. The fraction of sp³-hybridized carbons (Fsp3) is 0.588. The Morgan fingerprint density at radius 1 is 1.25 bits per heavy atom. The van der Waals surface area contributed by atoms with E-state index in [-0.39, 0.29) is 12.1 Å². The van der Waals surface area contributed by atoms with Crippen LogP contribution in [0.15, 0.2) is 18.2 Å². The van der Waals surface area contributed by atoms with Gasteiger partial charge in [-0.25, -0.2) is 4.79 Å². The third-order valence-electron chi connectivity index (χ3n) is 3.96. The molecule has 0 aliphatic heterocycles. The van der Waals surface area contributed by atoms with E-state index in [2.05, 4.69) is 6.92 Å². The van der Waals surface area contributed by atoms with E-state index in [1.54, 1.807) is 6.07 Å². The van der Waals surface area contributed by atoms with Gasteiger partial charge in [0.15, 0.2) is 0 Å². The van der Waals surface area contributed by atoms with Crippen LogP contribution in [0.3, 0.4) is 0 Å². The van der Waals surface area contributed by atoms with Crippen molar-refractivity contribution in [1.29, 1.82) is 0 Å². The first-order valence-corrected chi connectivity index (χ1v) is 7.54. The van der Waals surface area contributed by atoms with E-state index >= 15 is 0 Å². The minimum absolute atomic E-state index is 0.0792. The normalized spacial score (nSPS) is 22.4. The summed E-state index contributed by atoms with van der Waals surface area (Å²) in [5.41, 5.74) is 1.62. The van der Waals surface area contributed by atoms with Crippen molar-refractivity contribution in [2.75, 3.05) is 6.61 Å². The maximum Gasteiger partial charge on any atom is 0.338 e. The molecule has 0 radical (unpaired) electrons. The summed E-state index contributed by atoms with van der Waals surface area (Å²) in [4.78, 5) is 12.2. The molecule has 0 atom stereocenters. The van der Waals surface area contributed by atoms with Crippen molar-refractivity contribution in [1.82, 2.24) is 0 Å². The minimum atomic E-state index is -0.231. The van der Waals surface area contributed by atoms with Gasteiger partial charge in [0.05, 0.1) is 12.2 Å². The Bertz CT molecular complexity index is 459. The van der Waals surface area contributed by atoms with Crippen LogP contribution in [0.5, 0.6) is 5.75 Å². The van der Waals surface area contributed by atoms with Gasteiger partial charge >= 0.3 is 5.97 Å². The molecule has 1 aliphatic carbocycles. The summed E-state index contributed by atoms with van der Waals surface area (Å²) in [6, 6.07) is 5.50. The molecule has 20 heavy (non-hydrogen) atoms. The zero-order valence-electron chi connectivity index (χ0n) is 12.6. The van der Waals surface area contributed by atoms with E-state index in [0.29, 0.717) is 12.2 Å². The van der Waals surface area contributed by atoms with Crippen LogP contribution in [0.2, 0.25) is 0 Å². The molecule has 0 heterocycles. The van der Waals surface area contributed by atoms with Crippen LogP contribution in [-0.2, 0) is 4.74 Å². The zero-order chi connectivity index (χ0) is 14.5. The number of esters is 1. The van der Waals surface area contributed by atoms with Crippen LogP contribution in [0, 0.1) is 12.8 Å². The molecule has 0 unspecified atom stereocenters. The third-order valence-corrected chi connectivity index (χ3v) is 3.96. The van der Waals surface area contributed by atoms with E-state index < -0.39 is 0 Å². The molecular weight excluding hydrogens is 252 g/mol. The second kappa shape index (κ2) is 6.78. The summed E-state index contributed by atoms with van der Waals surface area (Å²) in [7, 11) is 0. The third kappa shape index (κ3) is 3.75. The summed E-state index contributed by atoms with van der Waals surface area (Å²) in [6.07, 6.45) is 4.34. The molecule has 1 aromatic rings. The van der Waals surface area contributed by atoms with Gasteiger partial charge in [-0.2, -0.15) is 0 Å². The molecular formula is C17H24O3. The van der Waals surface area contributed by atoms with Gasteiger partial charge in [0.25, 0.3) is 0 Å². The Labute approximate surface area is 121 Å². The van der Waals surface area contributed by atoms with E-state index in [1.807, 2.05) is 26.0 Å². The highest BCUT2D eigenvalue weighted by Gasteiger charge is 2.22. The maximum atomic E-state index is 12.2. The fourth-order valence-electron chi connectivity index (χ4n) is 2.60. The number of benzene rings is 1. The molecule has 0 amide bonds. The molecule has 0 saturated heterocycles. The van der Waals surface area contributed by atoms with Crippen LogP contribution in [-0.4, -0.2) is 18.7 Å². The zero-order valence-corrected chi connectivity index (χ0v) is 12.6. The number of aryl methyl sites for hydroxylation is 1. The van der Waals surface area contributed by atoms with E-state index in [4.69, 9.17) is 9.47 Å². The molecule has 1 aliphatic rings. The van der Waals surface area contributed by atoms with Gasteiger partial charge < -0.3 is 9.47 Å². The molecule has 110 valence electrons. The highest BCUT2D eigenvalue weighted by molar-refractivity contribution is 5.90. The molecule has 0 bridgehead atoms. The van der Waals surface area contributed by atoms with Gasteiger partial charge in [-0.05, 0) is 63.1 Å². The molecule has 1 aromatic carbocycles. The Kier molecular flexibility index (Phi) is 5.05. The molecule has 1 saturated carbocycles. The first kappa shape index (κ1) is 14.9. The topological polar surface area (TPSA) is 35.5 Å². The summed E-state index contributed by atoms with van der Waals surface area (Å²) in [5.74, 6) is 1.29. The quantitative estimate of drug-likeness (QED) is 0.776. The van der Waals surface area contributed by atoms with Gasteiger partial charge in [-0.15, -0.1) is 0 Å². The summed E-state index contributed by atoms with van der Waals surface area (Å²) in [5, 5.41) is 0. The highest BCUT2D eigenvalue weighted by atomic mass is 16.5. The number of rotatable bonds is 4. The Hall–Kier alpha value is -1.51. The van der Waals surface area contributed by atoms with Crippen LogP contribution < -0.4 is 4.74 Å². The van der Waals surface area contributed by atoms with Crippen molar-refractivity contribution in [3.05, 3.63) is 29.3 Å². The molecule has 2 rings (SSSR count). The molecule has 3 heteroatoms. The Morgan fingerprint density at radius 2 is 1.95 bits per heavy atom. The van der Waals surface area contributed by atoms with Crippen LogP contribution >= 0.6 is 0 Å². The molecule has 0 N–H and O–H groups in total. The lowest BCUT2D eigenvalue weighted by Crippen LogP contribution is -2.23. The number of carbonyl (C=O) groups excluding carboxylic acids is 1.